The van der Waals surface area contributed by atoms with E-state index in [2.05, 4.69) is 17.3 Å². The molecule has 0 bridgehead atoms. The number of carbonyl (C=O) groups is 1. The summed E-state index contributed by atoms with van der Waals surface area (Å²) >= 11 is 0. The summed E-state index contributed by atoms with van der Waals surface area (Å²) in [6, 6.07) is 0. The second kappa shape index (κ2) is 6.02. The van der Waals surface area contributed by atoms with Crippen LogP contribution in [0.15, 0.2) is 0 Å². The molecule has 1 N–H and O–H groups in total. The van der Waals surface area contributed by atoms with E-state index >= 15 is 0 Å². The van der Waals surface area contributed by atoms with E-state index in [-0.39, 0.29) is 11.4 Å². The van der Waals surface area contributed by atoms with Gasteiger partial charge < -0.3 is 15.0 Å². The number of nitrogens with zero attached hydrogens (tertiary/aromatic N) is 1. The Morgan fingerprint density at radius 3 is 2.78 bits per heavy atom. The number of hydrogen-bond donors (Lipinski definition) is 1. The van der Waals surface area contributed by atoms with Crippen molar-refractivity contribution in [1.82, 2.24) is 10.2 Å². The Bertz CT molecular complexity index is 290. The van der Waals surface area contributed by atoms with E-state index in [1.807, 2.05) is 0 Å². The fourth-order valence-electron chi connectivity index (χ4n) is 3.17. The number of hydrogen-bond acceptors (Lipinski definition) is 4. The Morgan fingerprint density at radius 2 is 2.28 bits per heavy atom. The molecule has 1 heterocycles. The third-order valence-electron chi connectivity index (χ3n) is 4.61. The van der Waals surface area contributed by atoms with Crippen LogP contribution in [0.25, 0.3) is 0 Å². The maximum Gasteiger partial charge on any atom is 0.313 e. The van der Waals surface area contributed by atoms with Crippen molar-refractivity contribution < 1.29 is 9.53 Å². The molecule has 1 aliphatic carbocycles. The van der Waals surface area contributed by atoms with Gasteiger partial charge in [-0.05, 0) is 51.7 Å². The van der Waals surface area contributed by atoms with Crippen LogP contribution in [0.5, 0.6) is 0 Å². The van der Waals surface area contributed by atoms with Crippen molar-refractivity contribution in [2.45, 2.75) is 32.1 Å². The van der Waals surface area contributed by atoms with E-state index in [1.165, 1.54) is 33.0 Å². The van der Waals surface area contributed by atoms with Crippen LogP contribution < -0.4 is 5.32 Å². The van der Waals surface area contributed by atoms with E-state index in [9.17, 15) is 4.79 Å². The normalized spacial score (nSPS) is 26.9. The number of methoxy groups -OCH3 is 1. The third-order valence-corrected chi connectivity index (χ3v) is 4.61. The summed E-state index contributed by atoms with van der Waals surface area (Å²) in [4.78, 5) is 14.1. The summed E-state index contributed by atoms with van der Waals surface area (Å²) < 4.78 is 4.92. The van der Waals surface area contributed by atoms with Crippen molar-refractivity contribution in [1.29, 1.82) is 0 Å². The number of ether oxygens (including phenoxy) is 1. The summed E-state index contributed by atoms with van der Waals surface area (Å²) in [5.74, 6) is 0.805. The van der Waals surface area contributed by atoms with Gasteiger partial charge in [0.1, 0.15) is 0 Å². The minimum absolute atomic E-state index is 0.0261. The summed E-state index contributed by atoms with van der Waals surface area (Å²) in [6.45, 7) is 4.28. The molecule has 1 atom stereocenters. The molecule has 4 heteroatoms. The van der Waals surface area contributed by atoms with E-state index in [4.69, 9.17) is 4.74 Å². The predicted molar refractivity (Wildman–Crippen MR) is 71.4 cm³/mol. The lowest BCUT2D eigenvalue weighted by Gasteiger charge is -2.39. The van der Waals surface area contributed by atoms with Gasteiger partial charge in [0.05, 0.1) is 12.5 Å². The summed E-state index contributed by atoms with van der Waals surface area (Å²) in [6.07, 6.45) is 5.67. The highest BCUT2D eigenvalue weighted by atomic mass is 16.5. The van der Waals surface area contributed by atoms with Gasteiger partial charge in [0, 0.05) is 13.1 Å². The lowest BCUT2D eigenvalue weighted by molar-refractivity contribution is -0.158. The van der Waals surface area contributed by atoms with Gasteiger partial charge in [0.2, 0.25) is 0 Å². The second-order valence-corrected chi connectivity index (χ2v) is 6.01. The predicted octanol–water partition coefficient (Wildman–Crippen LogP) is 1.26. The van der Waals surface area contributed by atoms with Crippen molar-refractivity contribution in [2.75, 3.05) is 40.3 Å². The molecule has 1 aliphatic heterocycles. The number of likely N-dealkylation sites (tertiary alicyclic amines) is 1. The van der Waals surface area contributed by atoms with Crippen LogP contribution in [0.1, 0.15) is 32.1 Å². The van der Waals surface area contributed by atoms with Crippen LogP contribution >= 0.6 is 0 Å². The van der Waals surface area contributed by atoms with Crippen LogP contribution in [0, 0.1) is 11.3 Å². The highest BCUT2D eigenvalue weighted by molar-refractivity contribution is 5.78. The van der Waals surface area contributed by atoms with Crippen LogP contribution in [0.3, 0.4) is 0 Å². The van der Waals surface area contributed by atoms with Gasteiger partial charge in [0.15, 0.2) is 0 Å². The molecule has 1 saturated carbocycles. The highest BCUT2D eigenvalue weighted by Gasteiger charge is 2.44. The second-order valence-electron chi connectivity index (χ2n) is 6.01. The molecule has 0 aromatic carbocycles. The Kier molecular flexibility index (Phi) is 4.62. The third kappa shape index (κ3) is 3.04. The average Bonchev–Trinajstić information content (AvgIpc) is 2.72. The lowest BCUT2D eigenvalue weighted by atomic mass is 9.68. The molecule has 0 amide bonds. The lowest BCUT2D eigenvalue weighted by Crippen LogP contribution is -2.47. The van der Waals surface area contributed by atoms with Crippen LogP contribution in [-0.2, 0) is 9.53 Å². The van der Waals surface area contributed by atoms with Gasteiger partial charge in [-0.2, -0.15) is 0 Å². The van der Waals surface area contributed by atoms with Gasteiger partial charge in [-0.25, -0.2) is 0 Å². The van der Waals surface area contributed by atoms with Crippen LogP contribution in [0.4, 0.5) is 0 Å². The number of esters is 1. The minimum atomic E-state index is -0.207. The first-order chi connectivity index (χ1) is 8.66. The van der Waals surface area contributed by atoms with Gasteiger partial charge in [0.25, 0.3) is 0 Å². The largest absolute Gasteiger partial charge is 0.469 e. The summed E-state index contributed by atoms with van der Waals surface area (Å²) in [5, 5.41) is 3.47. The van der Waals surface area contributed by atoms with Crippen molar-refractivity contribution >= 4 is 5.97 Å². The van der Waals surface area contributed by atoms with Gasteiger partial charge in [-0.1, -0.05) is 6.42 Å². The maximum absolute atomic E-state index is 11.7. The molecular weight excluding hydrogens is 228 g/mol. The maximum atomic E-state index is 11.7. The Labute approximate surface area is 110 Å². The van der Waals surface area contributed by atoms with Crippen molar-refractivity contribution in [2.24, 2.45) is 11.3 Å². The zero-order valence-corrected chi connectivity index (χ0v) is 11.7. The molecule has 0 spiro atoms. The standard InChI is InChI=1S/C14H26N2O2/c1-16-9-5-12(10-16)4-8-15-11-14(6-3-7-14)13(17)18-2/h12,15H,3-11H2,1-2H3. The minimum Gasteiger partial charge on any atom is -0.469 e. The molecule has 0 aromatic heterocycles. The van der Waals surface area contributed by atoms with Gasteiger partial charge in [-0.3, -0.25) is 4.79 Å². The Balaban J connectivity index is 1.64. The first-order valence-corrected chi connectivity index (χ1v) is 7.14. The van der Waals surface area contributed by atoms with E-state index in [0.29, 0.717) is 0 Å². The molecule has 104 valence electrons. The van der Waals surface area contributed by atoms with Crippen molar-refractivity contribution in [3.05, 3.63) is 0 Å². The number of nitrogens with one attached hydrogen (secondary N) is 1. The van der Waals surface area contributed by atoms with Crippen molar-refractivity contribution in [3.63, 3.8) is 0 Å². The zero-order chi connectivity index (χ0) is 13.0. The van der Waals surface area contributed by atoms with E-state index < -0.39 is 0 Å². The molecule has 2 rings (SSSR count). The SMILES string of the molecule is COC(=O)C1(CNCCC2CCN(C)C2)CCC1. The quantitative estimate of drug-likeness (QED) is 0.572. The average molecular weight is 254 g/mol. The smallest absolute Gasteiger partial charge is 0.313 e. The molecule has 18 heavy (non-hydrogen) atoms. The monoisotopic (exact) mass is 254 g/mol. The first-order valence-electron chi connectivity index (χ1n) is 7.14. The Morgan fingerprint density at radius 1 is 1.50 bits per heavy atom. The molecule has 4 nitrogen and oxygen atoms in total. The molecule has 2 fully saturated rings. The zero-order valence-electron chi connectivity index (χ0n) is 11.7. The fourth-order valence-corrected chi connectivity index (χ4v) is 3.17. The highest BCUT2D eigenvalue weighted by Crippen LogP contribution is 2.41. The summed E-state index contributed by atoms with van der Waals surface area (Å²) in [7, 11) is 3.69. The summed E-state index contributed by atoms with van der Waals surface area (Å²) in [5.41, 5.74) is -0.207. The molecule has 2 aliphatic rings. The van der Waals surface area contributed by atoms with Crippen molar-refractivity contribution in [3.8, 4) is 0 Å². The Hall–Kier alpha value is -0.610. The fraction of sp³-hybridized carbons (Fsp3) is 0.929. The first kappa shape index (κ1) is 13.8. The molecular formula is C14H26N2O2. The van der Waals surface area contributed by atoms with Crippen LogP contribution in [-0.4, -0.2) is 51.2 Å². The van der Waals surface area contributed by atoms with Crippen LogP contribution in [0.2, 0.25) is 0 Å². The number of rotatable bonds is 6. The molecule has 0 aromatic rings. The topological polar surface area (TPSA) is 41.6 Å². The number of carbonyl (C=O) groups excluding carboxylic acids is 1. The van der Waals surface area contributed by atoms with E-state index in [0.717, 1.165) is 38.3 Å². The molecule has 0 radical (unpaired) electrons. The van der Waals surface area contributed by atoms with Gasteiger partial charge in [-0.15, -0.1) is 0 Å². The molecule has 1 saturated heterocycles. The van der Waals surface area contributed by atoms with Gasteiger partial charge >= 0.3 is 5.97 Å². The van der Waals surface area contributed by atoms with E-state index in [1.54, 1.807) is 0 Å². The molecule has 1 unspecified atom stereocenters.